The molecule has 15 heteroatoms. The van der Waals surface area contributed by atoms with Crippen molar-refractivity contribution >= 4 is 22.2 Å². The Hall–Kier alpha value is -3.63. The number of hydrogen-bond acceptors (Lipinski definition) is 10. The summed E-state index contributed by atoms with van der Waals surface area (Å²) in [4.78, 5) is 26.0. The molecule has 3 heterocycles. The number of aliphatic hydroxyl groups is 1. The summed E-state index contributed by atoms with van der Waals surface area (Å²) < 4.78 is 57.1. The summed E-state index contributed by atoms with van der Waals surface area (Å²) in [7, 11) is -4.27. The fourth-order valence-electron chi connectivity index (χ4n) is 6.54. The van der Waals surface area contributed by atoms with E-state index in [0.29, 0.717) is 25.2 Å². The Morgan fingerprint density at radius 1 is 1.10 bits per heavy atom. The van der Waals surface area contributed by atoms with Crippen molar-refractivity contribution in [3.63, 3.8) is 0 Å². The molecule has 3 aliphatic rings. The van der Waals surface area contributed by atoms with E-state index < -0.39 is 58.6 Å². The Morgan fingerprint density at radius 3 is 2.58 bits per heavy atom. The Balaban J connectivity index is 1.46. The quantitative estimate of drug-likeness (QED) is 0.250. The van der Waals surface area contributed by atoms with Crippen LogP contribution in [0.25, 0.3) is 0 Å². The number of ether oxygens (including phenoxy) is 5. The van der Waals surface area contributed by atoms with Gasteiger partial charge in [-0.05, 0) is 49.3 Å². The molecule has 0 saturated carbocycles. The molecule has 2 fully saturated rings. The van der Waals surface area contributed by atoms with Crippen LogP contribution in [0.2, 0.25) is 0 Å². The standard InChI is InChI=1S/C33H45N3O11S/c1-4-43-31(38)34-14-13-33(2,3)20-35(48(41,42)23-10-11-28-29(17-23)47-21-46-28)18-27(37)25(16-22-8-6-5-7-9-22)36(32(39)40)26-19-45-30-24(26)12-15-44-30/h5-11,17,24-27,30,37H,4,12-16,18-21H2,1-3H3,(H,34,38)(H,39,40)/t24-,25-,26-,27+,30+/m0/s1. The zero-order chi connectivity index (χ0) is 34.5. The minimum absolute atomic E-state index is 0.0360. The average Bonchev–Trinajstić information content (AvgIpc) is 3.79. The molecule has 0 aromatic heterocycles. The van der Waals surface area contributed by atoms with Gasteiger partial charge in [-0.2, -0.15) is 4.31 Å². The second-order valence-electron chi connectivity index (χ2n) is 13.0. The van der Waals surface area contributed by atoms with Crippen LogP contribution in [0, 0.1) is 11.3 Å². The van der Waals surface area contributed by atoms with Crippen LogP contribution >= 0.6 is 0 Å². The van der Waals surface area contributed by atoms with Gasteiger partial charge in [-0.1, -0.05) is 44.2 Å². The molecule has 48 heavy (non-hydrogen) atoms. The van der Waals surface area contributed by atoms with Crippen LogP contribution in [0.3, 0.4) is 0 Å². The van der Waals surface area contributed by atoms with Crippen LogP contribution in [0.15, 0.2) is 53.4 Å². The lowest BCUT2D eigenvalue weighted by Gasteiger charge is -2.40. The van der Waals surface area contributed by atoms with E-state index in [1.54, 1.807) is 6.92 Å². The zero-order valence-electron chi connectivity index (χ0n) is 27.4. The van der Waals surface area contributed by atoms with E-state index in [0.717, 1.165) is 5.56 Å². The minimum atomic E-state index is -4.27. The molecule has 5 atom stereocenters. The average molecular weight is 692 g/mol. The number of amides is 2. The van der Waals surface area contributed by atoms with Gasteiger partial charge in [0.05, 0.1) is 42.9 Å². The van der Waals surface area contributed by atoms with Gasteiger partial charge in [0.25, 0.3) is 0 Å². The fraction of sp³-hybridized carbons (Fsp3) is 0.576. The molecule has 264 valence electrons. The Bertz CT molecular complexity index is 1520. The van der Waals surface area contributed by atoms with Gasteiger partial charge in [0.1, 0.15) is 0 Å². The first-order valence-electron chi connectivity index (χ1n) is 16.2. The third-order valence-electron chi connectivity index (χ3n) is 9.00. The normalized spacial score (nSPS) is 21.5. The van der Waals surface area contributed by atoms with Gasteiger partial charge >= 0.3 is 12.2 Å². The Morgan fingerprint density at radius 2 is 1.85 bits per heavy atom. The van der Waals surface area contributed by atoms with Crippen LogP contribution in [0.4, 0.5) is 9.59 Å². The van der Waals surface area contributed by atoms with E-state index in [-0.39, 0.29) is 56.1 Å². The van der Waals surface area contributed by atoms with E-state index in [2.05, 4.69) is 5.32 Å². The van der Waals surface area contributed by atoms with Gasteiger partial charge in [-0.15, -0.1) is 0 Å². The fourth-order valence-corrected chi connectivity index (χ4v) is 8.20. The second kappa shape index (κ2) is 15.3. The molecule has 3 aliphatic heterocycles. The number of hydrogen-bond donors (Lipinski definition) is 3. The molecule has 2 amide bonds. The molecule has 0 radical (unpaired) electrons. The molecule has 0 bridgehead atoms. The molecule has 0 spiro atoms. The maximum absolute atomic E-state index is 14.4. The number of benzene rings is 2. The predicted octanol–water partition coefficient (Wildman–Crippen LogP) is 3.28. The number of carboxylic acid groups (broad SMARTS) is 1. The molecular weight excluding hydrogens is 646 g/mol. The first-order valence-corrected chi connectivity index (χ1v) is 17.6. The van der Waals surface area contributed by atoms with Crippen molar-refractivity contribution < 1.29 is 51.9 Å². The highest BCUT2D eigenvalue weighted by molar-refractivity contribution is 7.89. The minimum Gasteiger partial charge on any atom is -0.465 e. The van der Waals surface area contributed by atoms with Crippen molar-refractivity contribution in [2.45, 2.75) is 69.4 Å². The molecule has 2 saturated heterocycles. The van der Waals surface area contributed by atoms with Crippen molar-refractivity contribution in [1.82, 2.24) is 14.5 Å². The highest BCUT2D eigenvalue weighted by atomic mass is 32.2. The number of carbonyl (C=O) groups is 2. The summed E-state index contributed by atoms with van der Waals surface area (Å²) in [6, 6.07) is 11.9. The summed E-state index contributed by atoms with van der Waals surface area (Å²) in [6.45, 7) is 5.88. The SMILES string of the molecule is CCOC(=O)NCCC(C)(C)CN(C[C@@H](O)[C@H](Cc1ccccc1)N(C(=O)O)[C@H]1CO[C@H]2OCC[C@H]21)S(=O)(=O)c1ccc2c(c1)OCO2. The van der Waals surface area contributed by atoms with Gasteiger partial charge in [-0.25, -0.2) is 18.0 Å². The number of alkyl carbamates (subject to hydrolysis) is 1. The number of nitrogens with zero attached hydrogens (tertiary/aromatic N) is 2. The maximum atomic E-state index is 14.4. The third-order valence-corrected chi connectivity index (χ3v) is 10.8. The lowest BCUT2D eigenvalue weighted by molar-refractivity contribution is -0.0906. The highest BCUT2D eigenvalue weighted by Crippen LogP contribution is 2.38. The highest BCUT2D eigenvalue weighted by Gasteiger charge is 2.49. The lowest BCUT2D eigenvalue weighted by atomic mass is 9.89. The van der Waals surface area contributed by atoms with Gasteiger partial charge in [0.2, 0.25) is 16.8 Å². The van der Waals surface area contributed by atoms with E-state index in [1.807, 2.05) is 44.2 Å². The molecule has 2 aromatic rings. The van der Waals surface area contributed by atoms with E-state index in [4.69, 9.17) is 23.7 Å². The molecule has 0 unspecified atom stereocenters. The molecule has 5 rings (SSSR count). The monoisotopic (exact) mass is 691 g/mol. The second-order valence-corrected chi connectivity index (χ2v) is 14.9. The van der Waals surface area contributed by atoms with Crippen LogP contribution in [-0.2, 0) is 30.7 Å². The third kappa shape index (κ3) is 8.32. The largest absolute Gasteiger partial charge is 0.465 e. The molecule has 2 aromatic carbocycles. The van der Waals surface area contributed by atoms with Crippen molar-refractivity contribution in [2.24, 2.45) is 11.3 Å². The van der Waals surface area contributed by atoms with Crippen molar-refractivity contribution in [3.05, 3.63) is 54.1 Å². The van der Waals surface area contributed by atoms with Crippen LogP contribution in [-0.4, -0.2) is 111 Å². The smallest absolute Gasteiger partial charge is 0.407 e. The van der Waals surface area contributed by atoms with Gasteiger partial charge in [0.15, 0.2) is 17.8 Å². The predicted molar refractivity (Wildman–Crippen MR) is 172 cm³/mol. The molecule has 3 N–H and O–H groups in total. The molecule has 14 nitrogen and oxygen atoms in total. The van der Waals surface area contributed by atoms with Gasteiger partial charge in [-0.3, -0.25) is 4.90 Å². The van der Waals surface area contributed by atoms with Crippen LogP contribution in [0.5, 0.6) is 11.5 Å². The van der Waals surface area contributed by atoms with Gasteiger partial charge in [0, 0.05) is 31.6 Å². The summed E-state index contributed by atoms with van der Waals surface area (Å²) in [6.07, 6.45) is -2.67. The topological polar surface area (TPSA) is 173 Å². The van der Waals surface area contributed by atoms with E-state index in [1.165, 1.54) is 27.4 Å². The maximum Gasteiger partial charge on any atom is 0.407 e. The zero-order valence-corrected chi connectivity index (χ0v) is 28.3. The lowest BCUT2D eigenvalue weighted by Crippen LogP contribution is -2.58. The molecular formula is C33H45N3O11S. The first-order chi connectivity index (χ1) is 22.9. The number of rotatable bonds is 15. The summed E-state index contributed by atoms with van der Waals surface area (Å²) in [5.74, 6) is 0.479. The number of carbonyl (C=O) groups excluding carboxylic acids is 1. The van der Waals surface area contributed by atoms with Crippen molar-refractivity contribution in [3.8, 4) is 11.5 Å². The Kier molecular flexibility index (Phi) is 11.4. The van der Waals surface area contributed by atoms with Crippen LogP contribution in [0.1, 0.15) is 39.2 Å². The van der Waals surface area contributed by atoms with Gasteiger partial charge < -0.3 is 39.2 Å². The molecule has 0 aliphatic carbocycles. The number of fused-ring (bicyclic) bond motifs is 2. The Labute approximate surface area is 280 Å². The summed E-state index contributed by atoms with van der Waals surface area (Å²) in [5.41, 5.74) is 0.0825. The van der Waals surface area contributed by atoms with Crippen molar-refractivity contribution in [1.29, 1.82) is 0 Å². The summed E-state index contributed by atoms with van der Waals surface area (Å²) >= 11 is 0. The number of aliphatic hydroxyl groups excluding tert-OH is 1. The van der Waals surface area contributed by atoms with E-state index >= 15 is 0 Å². The van der Waals surface area contributed by atoms with Crippen LogP contribution < -0.4 is 14.8 Å². The van der Waals surface area contributed by atoms with Crippen molar-refractivity contribution in [2.75, 3.05) is 46.2 Å². The number of nitrogens with one attached hydrogen (secondary N) is 1. The number of sulfonamides is 1. The first kappa shape index (κ1) is 35.7. The summed E-state index contributed by atoms with van der Waals surface area (Å²) in [5, 5.41) is 25.3. The van der Waals surface area contributed by atoms with E-state index in [9.17, 15) is 28.2 Å².